The SMILES string of the molecule is CC(C)(C)[Si](C)(C)OC(C=CC1CCCC(=O)C1)CCCCc1ccccc1. The van der Waals surface area contributed by atoms with E-state index in [1.165, 1.54) is 18.4 Å². The van der Waals surface area contributed by atoms with Crippen LogP contribution < -0.4 is 0 Å². The molecule has 2 rings (SSSR count). The van der Waals surface area contributed by atoms with Crippen LogP contribution in [0.5, 0.6) is 0 Å². The lowest BCUT2D eigenvalue weighted by atomic mass is 9.88. The van der Waals surface area contributed by atoms with Gasteiger partial charge in [-0.2, -0.15) is 0 Å². The van der Waals surface area contributed by atoms with Crippen molar-refractivity contribution in [1.29, 1.82) is 0 Å². The van der Waals surface area contributed by atoms with Gasteiger partial charge in [-0.15, -0.1) is 0 Å². The molecule has 2 atom stereocenters. The molecule has 1 fully saturated rings. The molecule has 3 heteroatoms. The van der Waals surface area contributed by atoms with Gasteiger partial charge in [0.1, 0.15) is 5.78 Å². The van der Waals surface area contributed by atoms with Crippen LogP contribution in [0.4, 0.5) is 0 Å². The number of allylic oxidation sites excluding steroid dienone is 1. The van der Waals surface area contributed by atoms with Gasteiger partial charge in [0, 0.05) is 12.8 Å². The topological polar surface area (TPSA) is 26.3 Å². The summed E-state index contributed by atoms with van der Waals surface area (Å²) < 4.78 is 6.74. The summed E-state index contributed by atoms with van der Waals surface area (Å²) in [5, 5.41) is 0.212. The minimum atomic E-state index is -1.81. The van der Waals surface area contributed by atoms with E-state index >= 15 is 0 Å². The largest absolute Gasteiger partial charge is 0.411 e. The summed E-state index contributed by atoms with van der Waals surface area (Å²) in [5.74, 6) is 0.835. The van der Waals surface area contributed by atoms with Crippen LogP contribution in [0.15, 0.2) is 42.5 Å². The maximum Gasteiger partial charge on any atom is 0.192 e. The van der Waals surface area contributed by atoms with Crippen molar-refractivity contribution < 1.29 is 9.22 Å². The van der Waals surface area contributed by atoms with E-state index in [2.05, 4.69) is 76.3 Å². The number of carbonyl (C=O) groups is 1. The van der Waals surface area contributed by atoms with E-state index in [0.717, 1.165) is 38.5 Å². The van der Waals surface area contributed by atoms with E-state index in [4.69, 9.17) is 4.43 Å². The van der Waals surface area contributed by atoms with E-state index in [9.17, 15) is 4.79 Å². The van der Waals surface area contributed by atoms with Gasteiger partial charge in [-0.25, -0.2) is 0 Å². The number of hydrogen-bond acceptors (Lipinski definition) is 2. The van der Waals surface area contributed by atoms with Crippen LogP contribution in [0.1, 0.15) is 71.3 Å². The molecule has 2 unspecified atom stereocenters. The fourth-order valence-corrected chi connectivity index (χ4v) is 4.88. The Morgan fingerprint density at radius 3 is 2.54 bits per heavy atom. The highest BCUT2D eigenvalue weighted by Gasteiger charge is 2.38. The Kier molecular flexibility index (Phi) is 8.70. The molecule has 0 saturated heterocycles. The Morgan fingerprint density at radius 1 is 1.18 bits per heavy atom. The van der Waals surface area contributed by atoms with Gasteiger partial charge in [-0.05, 0) is 61.7 Å². The van der Waals surface area contributed by atoms with Crippen LogP contribution >= 0.6 is 0 Å². The molecule has 0 aromatic heterocycles. The highest BCUT2D eigenvalue weighted by molar-refractivity contribution is 6.74. The zero-order valence-corrected chi connectivity index (χ0v) is 19.7. The Balaban J connectivity index is 1.93. The fraction of sp³-hybridized carbons (Fsp3) is 0.640. The molecule has 0 N–H and O–H groups in total. The first kappa shape index (κ1) is 23.1. The molecule has 28 heavy (non-hydrogen) atoms. The van der Waals surface area contributed by atoms with Crippen molar-refractivity contribution >= 4 is 14.1 Å². The first-order chi connectivity index (χ1) is 13.2. The normalized spacial score (nSPS) is 19.9. The quantitative estimate of drug-likeness (QED) is 0.251. The zero-order chi connectivity index (χ0) is 20.6. The second kappa shape index (κ2) is 10.5. The standard InChI is InChI=1S/C25H40O2Si/c1-25(2,3)28(4,5)27-24(19-18-22-15-11-16-23(26)20-22)17-10-9-14-21-12-7-6-8-13-21/h6-8,12-13,18-19,22,24H,9-11,14-17,20H2,1-5H3. The second-order valence-electron chi connectivity index (χ2n) is 9.93. The summed E-state index contributed by atoms with van der Waals surface area (Å²) in [6.45, 7) is 11.6. The number of aryl methyl sites for hydroxylation is 1. The van der Waals surface area contributed by atoms with Crippen molar-refractivity contribution in [2.75, 3.05) is 0 Å². The second-order valence-corrected chi connectivity index (χ2v) is 14.7. The van der Waals surface area contributed by atoms with Gasteiger partial charge in [0.15, 0.2) is 8.32 Å². The molecule has 1 aliphatic rings. The average molecular weight is 401 g/mol. The number of ketones is 1. The van der Waals surface area contributed by atoms with Crippen molar-refractivity contribution in [2.24, 2.45) is 5.92 Å². The zero-order valence-electron chi connectivity index (χ0n) is 18.7. The lowest BCUT2D eigenvalue weighted by molar-refractivity contribution is -0.121. The van der Waals surface area contributed by atoms with Crippen LogP contribution in [0, 0.1) is 5.92 Å². The van der Waals surface area contributed by atoms with Gasteiger partial charge < -0.3 is 4.43 Å². The molecule has 0 heterocycles. The molecule has 2 nitrogen and oxygen atoms in total. The number of carbonyl (C=O) groups excluding carboxylic acids is 1. The Morgan fingerprint density at radius 2 is 1.89 bits per heavy atom. The summed E-state index contributed by atoms with van der Waals surface area (Å²) in [6, 6.07) is 10.7. The highest BCUT2D eigenvalue weighted by atomic mass is 28.4. The van der Waals surface area contributed by atoms with Crippen molar-refractivity contribution in [1.82, 2.24) is 0 Å². The molecule has 0 spiro atoms. The van der Waals surface area contributed by atoms with Crippen LogP contribution in [-0.4, -0.2) is 20.2 Å². The van der Waals surface area contributed by atoms with Crippen molar-refractivity contribution in [2.45, 2.75) is 96.4 Å². The molecule has 156 valence electrons. The molecule has 1 aromatic carbocycles. The third-order valence-electron chi connectivity index (χ3n) is 6.42. The summed E-state index contributed by atoms with van der Waals surface area (Å²) >= 11 is 0. The van der Waals surface area contributed by atoms with Crippen LogP contribution in [0.2, 0.25) is 18.1 Å². The maximum absolute atomic E-state index is 11.8. The molecule has 0 amide bonds. The van der Waals surface area contributed by atoms with Crippen LogP contribution in [-0.2, 0) is 15.6 Å². The third kappa shape index (κ3) is 7.67. The van der Waals surface area contributed by atoms with Crippen LogP contribution in [0.25, 0.3) is 0 Å². The molecule has 1 aromatic rings. The fourth-order valence-electron chi connectivity index (χ4n) is 3.57. The molecule has 0 aliphatic heterocycles. The van der Waals surface area contributed by atoms with E-state index in [0.29, 0.717) is 11.7 Å². The molecular formula is C25H40O2Si. The Hall–Kier alpha value is -1.19. The summed E-state index contributed by atoms with van der Waals surface area (Å²) in [7, 11) is -1.81. The van der Waals surface area contributed by atoms with Crippen LogP contribution in [0.3, 0.4) is 0 Å². The number of unbranched alkanes of at least 4 members (excludes halogenated alkanes) is 1. The molecule has 0 bridgehead atoms. The van der Waals surface area contributed by atoms with Gasteiger partial charge >= 0.3 is 0 Å². The predicted octanol–water partition coefficient (Wildman–Crippen LogP) is 7.11. The minimum absolute atomic E-state index is 0.175. The van der Waals surface area contributed by atoms with Gasteiger partial charge in [-0.1, -0.05) is 69.7 Å². The minimum Gasteiger partial charge on any atom is -0.411 e. The monoisotopic (exact) mass is 400 g/mol. The van der Waals surface area contributed by atoms with E-state index < -0.39 is 8.32 Å². The Bertz CT molecular complexity index is 628. The van der Waals surface area contributed by atoms with E-state index in [1.807, 2.05) is 0 Å². The first-order valence-corrected chi connectivity index (χ1v) is 14.0. The first-order valence-electron chi connectivity index (χ1n) is 11.1. The van der Waals surface area contributed by atoms with Crippen molar-refractivity contribution in [3.05, 3.63) is 48.0 Å². The smallest absolute Gasteiger partial charge is 0.192 e. The number of Topliss-reactive ketones (excluding diaryl/α,β-unsaturated/α-hetero) is 1. The van der Waals surface area contributed by atoms with Gasteiger partial charge in [-0.3, -0.25) is 4.79 Å². The Labute approximate surface area is 173 Å². The number of benzene rings is 1. The van der Waals surface area contributed by atoms with E-state index in [1.54, 1.807) is 0 Å². The number of hydrogen-bond donors (Lipinski definition) is 0. The third-order valence-corrected chi connectivity index (χ3v) is 10.9. The van der Waals surface area contributed by atoms with Crippen molar-refractivity contribution in [3.63, 3.8) is 0 Å². The van der Waals surface area contributed by atoms with Gasteiger partial charge in [0.05, 0.1) is 6.10 Å². The van der Waals surface area contributed by atoms with E-state index in [-0.39, 0.29) is 11.1 Å². The maximum atomic E-state index is 11.8. The lowest BCUT2D eigenvalue weighted by Crippen LogP contribution is -2.43. The molecule has 0 radical (unpaired) electrons. The average Bonchev–Trinajstić information content (AvgIpc) is 2.63. The molecule has 1 saturated carbocycles. The summed E-state index contributed by atoms with van der Waals surface area (Å²) in [4.78, 5) is 11.8. The summed E-state index contributed by atoms with van der Waals surface area (Å²) in [6.07, 6.45) is 13.0. The molecular weight excluding hydrogens is 360 g/mol. The van der Waals surface area contributed by atoms with Gasteiger partial charge in [0.25, 0.3) is 0 Å². The highest BCUT2D eigenvalue weighted by Crippen LogP contribution is 2.38. The predicted molar refractivity (Wildman–Crippen MR) is 122 cm³/mol. The van der Waals surface area contributed by atoms with Crippen molar-refractivity contribution in [3.8, 4) is 0 Å². The van der Waals surface area contributed by atoms with Gasteiger partial charge in [0.2, 0.25) is 0 Å². The number of rotatable bonds is 9. The lowest BCUT2D eigenvalue weighted by Gasteiger charge is -2.39. The molecule has 1 aliphatic carbocycles. The summed E-state index contributed by atoms with van der Waals surface area (Å²) in [5.41, 5.74) is 1.42.